The first kappa shape index (κ1) is 33.3. The van der Waals surface area contributed by atoms with E-state index >= 15 is 0 Å². The molecule has 1 aromatic carbocycles. The molecule has 232 valence electrons. The molecule has 0 bridgehead atoms. The highest BCUT2D eigenvalue weighted by Crippen LogP contribution is 2.28. The molecule has 1 saturated heterocycles. The summed E-state index contributed by atoms with van der Waals surface area (Å²) in [6.45, 7) is 8.70. The highest BCUT2D eigenvalue weighted by molar-refractivity contribution is 5.89. The van der Waals surface area contributed by atoms with Crippen LogP contribution in [-0.4, -0.2) is 93.6 Å². The first-order chi connectivity index (χ1) is 19.5. The Morgan fingerprint density at radius 1 is 1.10 bits per heavy atom. The van der Waals surface area contributed by atoms with Crippen molar-refractivity contribution in [1.82, 2.24) is 24.3 Å². The van der Waals surface area contributed by atoms with E-state index in [1.807, 2.05) is 18.2 Å². The number of ether oxygens (including phenoxy) is 1. The van der Waals surface area contributed by atoms with Gasteiger partial charge in [0.05, 0.1) is 18.3 Å². The molecule has 5 N–H and O–H groups in total. The van der Waals surface area contributed by atoms with Gasteiger partial charge in [-0.2, -0.15) is 4.98 Å². The van der Waals surface area contributed by atoms with E-state index in [0.29, 0.717) is 49.7 Å². The van der Waals surface area contributed by atoms with Gasteiger partial charge in [0.25, 0.3) is 0 Å². The highest BCUT2D eigenvalue weighted by Gasteiger charge is 2.31. The monoisotopic (exact) mass is 604 g/mol. The summed E-state index contributed by atoms with van der Waals surface area (Å²) >= 11 is 0. The number of benzene rings is 1. The number of piperazine rings is 1. The fourth-order valence-electron chi connectivity index (χ4n) is 5.58. The number of carbonyl (C=O) groups is 2. The maximum Gasteiger partial charge on any atom is 0.354 e. The van der Waals surface area contributed by atoms with Crippen LogP contribution in [0.4, 0.5) is 10.6 Å². The van der Waals surface area contributed by atoms with Crippen LogP contribution in [0, 0.1) is 0 Å². The third-order valence-electron chi connectivity index (χ3n) is 8.03. The Hall–Kier alpha value is -3.19. The van der Waals surface area contributed by atoms with Gasteiger partial charge in [0.15, 0.2) is 0 Å². The number of carbonyl (C=O) groups excluding carboxylic acids is 2. The Bertz CT molecular complexity index is 1280. The van der Waals surface area contributed by atoms with Gasteiger partial charge < -0.3 is 26.0 Å². The molecule has 0 radical (unpaired) electrons. The Labute approximate surface area is 253 Å². The quantitative estimate of drug-likeness (QED) is 0.415. The molecule has 2 fully saturated rings. The number of urea groups is 1. The number of rotatable bonds is 8. The maximum absolute atomic E-state index is 12.9. The van der Waals surface area contributed by atoms with E-state index in [4.69, 9.17) is 16.2 Å². The number of nitrogens with zero attached hydrogens (tertiary/aromatic N) is 5. The van der Waals surface area contributed by atoms with Gasteiger partial charge in [0, 0.05) is 62.6 Å². The number of hydrogen-bond acceptors (Lipinski definition) is 8. The van der Waals surface area contributed by atoms with Crippen LogP contribution >= 0.6 is 12.4 Å². The number of methoxy groups -OCH3 is 1. The maximum atomic E-state index is 12.9. The first-order valence-electron chi connectivity index (χ1n) is 14.4. The second kappa shape index (κ2) is 14.3. The van der Waals surface area contributed by atoms with Crippen LogP contribution < -0.4 is 27.2 Å². The molecule has 2 aliphatic rings. The molecule has 13 heteroatoms. The number of aromatic nitrogens is 2. The second-order valence-electron chi connectivity index (χ2n) is 11.5. The summed E-state index contributed by atoms with van der Waals surface area (Å²) in [6, 6.07) is 7.73. The van der Waals surface area contributed by atoms with E-state index in [0.717, 1.165) is 44.3 Å². The number of halogens is 1. The Morgan fingerprint density at radius 2 is 1.74 bits per heavy atom. The number of hydrogen-bond donors (Lipinski definition) is 3. The zero-order chi connectivity index (χ0) is 29.7. The molecule has 12 nitrogen and oxygen atoms in total. The molecule has 1 aromatic heterocycles. The van der Waals surface area contributed by atoms with Gasteiger partial charge in [-0.25, -0.2) is 9.59 Å². The summed E-state index contributed by atoms with van der Waals surface area (Å²) in [5.41, 5.74) is 12.2. The fourth-order valence-corrected chi connectivity index (χ4v) is 5.58. The smallest absolute Gasteiger partial charge is 0.354 e. The summed E-state index contributed by atoms with van der Waals surface area (Å²) in [5.74, 6) is 0.713. The van der Waals surface area contributed by atoms with Crippen LogP contribution in [0.15, 0.2) is 35.3 Å². The molecular weight excluding hydrogens is 560 g/mol. The molecule has 3 amide bonds. The van der Waals surface area contributed by atoms with Gasteiger partial charge in [-0.1, -0.05) is 13.0 Å². The number of nitrogens with two attached hydrogens (primary N) is 2. The van der Waals surface area contributed by atoms with Crippen molar-refractivity contribution in [2.24, 2.45) is 11.5 Å². The normalized spacial score (nSPS) is 19.3. The van der Waals surface area contributed by atoms with Crippen molar-refractivity contribution in [3.05, 3.63) is 46.5 Å². The van der Waals surface area contributed by atoms with E-state index in [1.165, 1.54) is 4.57 Å². The van der Waals surface area contributed by atoms with Gasteiger partial charge in [0.1, 0.15) is 11.6 Å². The third-order valence-corrected chi connectivity index (χ3v) is 8.03. The zero-order valence-electron chi connectivity index (χ0n) is 25.0. The molecule has 1 aliphatic heterocycles. The number of anilines is 1. The number of nitrogens with one attached hydrogen (secondary N) is 1. The topological polar surface area (TPSA) is 152 Å². The summed E-state index contributed by atoms with van der Waals surface area (Å²) in [7, 11) is 1.63. The predicted octanol–water partition coefficient (Wildman–Crippen LogP) is 2.17. The SMILES string of the molecule is CCN(Cc1ccc(-n2ccc(NC(=O)N3CCN(C(=O)C(C)(C)N)CC3)nc2=O)cc1OC)C1CCC(N)CC1.Cl. The van der Waals surface area contributed by atoms with Crippen LogP contribution in [0.1, 0.15) is 52.0 Å². The standard InChI is InChI=1S/C29H44N8O4.ClH/c1-5-34(22-10-7-21(30)8-11-22)19-20-6-9-23(18-24(20)41-4)37-13-12-25(33-28(37)40)32-27(39)36-16-14-35(15-17-36)26(38)29(2,3)31;/h6,9,12-13,18,21-22H,5,7-8,10-11,14-17,19,30-31H2,1-4H3,(H,32,33,39,40);1H. The molecule has 4 rings (SSSR count). The van der Waals surface area contributed by atoms with Crippen LogP contribution in [0.3, 0.4) is 0 Å². The highest BCUT2D eigenvalue weighted by atomic mass is 35.5. The zero-order valence-corrected chi connectivity index (χ0v) is 25.9. The summed E-state index contributed by atoms with van der Waals surface area (Å²) in [6.07, 6.45) is 5.88. The summed E-state index contributed by atoms with van der Waals surface area (Å²) in [5, 5.41) is 2.70. The molecular formula is C29H45ClN8O4. The molecule has 1 aliphatic carbocycles. The minimum absolute atomic E-state index is 0. The molecule has 42 heavy (non-hydrogen) atoms. The van der Waals surface area contributed by atoms with Gasteiger partial charge in [-0.15, -0.1) is 12.4 Å². The molecule has 0 unspecified atom stereocenters. The molecule has 2 heterocycles. The summed E-state index contributed by atoms with van der Waals surface area (Å²) in [4.78, 5) is 47.9. The van der Waals surface area contributed by atoms with Crippen molar-refractivity contribution in [3.63, 3.8) is 0 Å². The molecule has 2 aromatic rings. The molecule has 0 atom stereocenters. The van der Waals surface area contributed by atoms with Gasteiger partial charge in [-0.3, -0.25) is 19.6 Å². The predicted molar refractivity (Wildman–Crippen MR) is 165 cm³/mol. The van der Waals surface area contributed by atoms with Crippen molar-refractivity contribution in [3.8, 4) is 11.4 Å². The average molecular weight is 605 g/mol. The number of amides is 3. The van der Waals surface area contributed by atoms with Gasteiger partial charge in [0.2, 0.25) is 5.91 Å². The van der Waals surface area contributed by atoms with Gasteiger partial charge >= 0.3 is 11.7 Å². The van der Waals surface area contributed by atoms with E-state index in [9.17, 15) is 14.4 Å². The lowest BCUT2D eigenvalue weighted by atomic mass is 9.90. The molecule has 0 spiro atoms. The van der Waals surface area contributed by atoms with Crippen molar-refractivity contribution in [2.45, 2.75) is 70.6 Å². The van der Waals surface area contributed by atoms with Crippen molar-refractivity contribution < 1.29 is 14.3 Å². The summed E-state index contributed by atoms with van der Waals surface area (Å²) < 4.78 is 7.12. The average Bonchev–Trinajstić information content (AvgIpc) is 2.96. The first-order valence-corrected chi connectivity index (χ1v) is 14.4. The van der Waals surface area contributed by atoms with E-state index in [2.05, 4.69) is 22.1 Å². The van der Waals surface area contributed by atoms with Crippen molar-refractivity contribution >= 4 is 30.2 Å². The minimum atomic E-state index is -0.956. The van der Waals surface area contributed by atoms with Crippen molar-refractivity contribution in [2.75, 3.05) is 45.2 Å². The van der Waals surface area contributed by atoms with Crippen molar-refractivity contribution in [1.29, 1.82) is 0 Å². The van der Waals surface area contributed by atoms with Crippen LogP contribution in [0.25, 0.3) is 5.69 Å². The largest absolute Gasteiger partial charge is 0.496 e. The van der Waals surface area contributed by atoms with Crippen LogP contribution in [-0.2, 0) is 11.3 Å². The second-order valence-corrected chi connectivity index (χ2v) is 11.5. The Morgan fingerprint density at radius 3 is 2.31 bits per heavy atom. The minimum Gasteiger partial charge on any atom is -0.496 e. The lowest BCUT2D eigenvalue weighted by molar-refractivity contribution is -0.137. The van der Waals surface area contributed by atoms with Crippen LogP contribution in [0.2, 0.25) is 0 Å². The lowest BCUT2D eigenvalue weighted by Crippen LogP contribution is -2.58. The van der Waals surface area contributed by atoms with E-state index < -0.39 is 11.2 Å². The van der Waals surface area contributed by atoms with E-state index in [1.54, 1.807) is 43.0 Å². The van der Waals surface area contributed by atoms with Gasteiger partial charge in [-0.05, 0) is 58.2 Å². The Balaban J connectivity index is 0.00000484. The molecule has 1 saturated carbocycles. The van der Waals surface area contributed by atoms with E-state index in [-0.39, 0.29) is 30.2 Å². The fraction of sp³-hybridized carbons (Fsp3) is 0.586. The lowest BCUT2D eigenvalue weighted by Gasteiger charge is -2.37. The van der Waals surface area contributed by atoms with Crippen LogP contribution in [0.5, 0.6) is 5.75 Å². The third kappa shape index (κ3) is 8.00. The Kier molecular flexibility index (Phi) is 11.4.